The molecule has 0 spiro atoms. The maximum Gasteiger partial charge on any atom is 0.193 e. The van der Waals surface area contributed by atoms with Crippen LogP contribution in [0.25, 0.3) is 0 Å². The van der Waals surface area contributed by atoms with Gasteiger partial charge in [-0.2, -0.15) is 0 Å². The van der Waals surface area contributed by atoms with E-state index < -0.39 is 0 Å². The Bertz CT molecular complexity index is 597. The highest BCUT2D eigenvalue weighted by Crippen LogP contribution is 2.19. The van der Waals surface area contributed by atoms with Crippen molar-refractivity contribution >= 4 is 21.7 Å². The van der Waals surface area contributed by atoms with Crippen LogP contribution in [0.2, 0.25) is 0 Å². The number of carbonyl (C=O) groups is 1. The van der Waals surface area contributed by atoms with Crippen molar-refractivity contribution in [2.24, 2.45) is 0 Å². The summed E-state index contributed by atoms with van der Waals surface area (Å²) < 4.78 is 14.4. The van der Waals surface area contributed by atoms with Crippen LogP contribution in [0.3, 0.4) is 0 Å². The van der Waals surface area contributed by atoms with Crippen LogP contribution in [0.15, 0.2) is 40.9 Å². The van der Waals surface area contributed by atoms with Crippen molar-refractivity contribution in [1.29, 1.82) is 0 Å². The molecule has 0 radical (unpaired) electrons. The van der Waals surface area contributed by atoms with Crippen molar-refractivity contribution in [2.45, 2.75) is 13.8 Å². The van der Waals surface area contributed by atoms with Crippen LogP contribution in [0.4, 0.5) is 4.39 Å². The fraction of sp³-hybridized carbons (Fsp3) is 0.133. The van der Waals surface area contributed by atoms with Crippen molar-refractivity contribution in [2.75, 3.05) is 0 Å². The number of hydrogen-bond acceptors (Lipinski definition) is 1. The Labute approximate surface area is 114 Å². The predicted molar refractivity (Wildman–Crippen MR) is 73.4 cm³/mol. The van der Waals surface area contributed by atoms with Crippen LogP contribution in [0.1, 0.15) is 27.0 Å². The molecular formula is C15H12BrFO. The topological polar surface area (TPSA) is 17.1 Å². The standard InChI is InChI=1S/C15H12BrFO/c1-9-6-12(7-10(2)14(9)17)15(18)11-4-3-5-13(16)8-11/h3-8H,1-2H3. The average Bonchev–Trinajstić information content (AvgIpc) is 2.34. The van der Waals surface area contributed by atoms with Crippen LogP contribution in [0, 0.1) is 19.7 Å². The number of halogens is 2. The first-order valence-corrected chi connectivity index (χ1v) is 6.35. The van der Waals surface area contributed by atoms with Crippen molar-refractivity contribution in [3.8, 4) is 0 Å². The summed E-state index contributed by atoms with van der Waals surface area (Å²) in [6.07, 6.45) is 0. The Balaban J connectivity index is 2.47. The van der Waals surface area contributed by atoms with Gasteiger partial charge in [0.05, 0.1) is 0 Å². The highest BCUT2D eigenvalue weighted by molar-refractivity contribution is 9.10. The van der Waals surface area contributed by atoms with Crippen molar-refractivity contribution in [3.63, 3.8) is 0 Å². The minimum atomic E-state index is -0.249. The second kappa shape index (κ2) is 5.02. The molecule has 2 aromatic rings. The Kier molecular flexibility index (Phi) is 3.62. The van der Waals surface area contributed by atoms with Crippen molar-refractivity contribution in [1.82, 2.24) is 0 Å². The summed E-state index contributed by atoms with van der Waals surface area (Å²) in [7, 11) is 0. The maximum absolute atomic E-state index is 13.5. The molecule has 0 saturated carbocycles. The quantitative estimate of drug-likeness (QED) is 0.750. The predicted octanol–water partition coefficient (Wildman–Crippen LogP) is 4.44. The molecule has 0 bridgehead atoms. The van der Waals surface area contributed by atoms with Crippen LogP contribution >= 0.6 is 15.9 Å². The van der Waals surface area contributed by atoms with Crippen molar-refractivity contribution < 1.29 is 9.18 Å². The van der Waals surface area contributed by atoms with Gasteiger partial charge < -0.3 is 0 Å². The van der Waals surface area contributed by atoms with E-state index in [0.717, 1.165) is 4.47 Å². The molecule has 0 heterocycles. The van der Waals surface area contributed by atoms with Gasteiger partial charge in [0, 0.05) is 15.6 Å². The van der Waals surface area contributed by atoms with E-state index in [1.165, 1.54) is 0 Å². The SMILES string of the molecule is Cc1cc(C(=O)c2cccc(Br)c2)cc(C)c1F. The summed E-state index contributed by atoms with van der Waals surface area (Å²) in [6, 6.07) is 10.4. The van der Waals surface area contributed by atoms with Gasteiger partial charge in [0.1, 0.15) is 5.82 Å². The lowest BCUT2D eigenvalue weighted by Gasteiger charge is -2.06. The van der Waals surface area contributed by atoms with Crippen LogP contribution < -0.4 is 0 Å². The van der Waals surface area contributed by atoms with Gasteiger partial charge in [-0.25, -0.2) is 4.39 Å². The molecule has 0 unspecified atom stereocenters. The summed E-state index contributed by atoms with van der Waals surface area (Å²) in [5.41, 5.74) is 2.10. The summed E-state index contributed by atoms with van der Waals surface area (Å²) >= 11 is 3.33. The molecule has 18 heavy (non-hydrogen) atoms. The van der Waals surface area contributed by atoms with E-state index in [1.54, 1.807) is 44.2 Å². The average molecular weight is 307 g/mol. The van der Waals surface area contributed by atoms with Gasteiger partial charge in [-0.05, 0) is 49.2 Å². The highest BCUT2D eigenvalue weighted by Gasteiger charge is 2.12. The monoisotopic (exact) mass is 306 g/mol. The smallest absolute Gasteiger partial charge is 0.193 e. The molecule has 0 saturated heterocycles. The minimum absolute atomic E-state index is 0.0949. The number of rotatable bonds is 2. The van der Waals surface area contributed by atoms with Crippen LogP contribution in [-0.2, 0) is 0 Å². The summed E-state index contributed by atoms with van der Waals surface area (Å²) in [5, 5.41) is 0. The molecule has 0 aliphatic heterocycles. The fourth-order valence-corrected chi connectivity index (χ4v) is 2.27. The molecule has 0 aliphatic carbocycles. The number of ketones is 1. The third kappa shape index (κ3) is 2.51. The first-order valence-electron chi connectivity index (χ1n) is 5.56. The molecule has 0 fully saturated rings. The zero-order valence-corrected chi connectivity index (χ0v) is 11.7. The molecule has 2 rings (SSSR count). The van der Waals surface area contributed by atoms with Crippen LogP contribution in [-0.4, -0.2) is 5.78 Å². The largest absolute Gasteiger partial charge is 0.289 e. The fourth-order valence-electron chi connectivity index (χ4n) is 1.87. The zero-order chi connectivity index (χ0) is 13.3. The van der Waals surface area contributed by atoms with E-state index in [4.69, 9.17) is 0 Å². The third-order valence-corrected chi connectivity index (χ3v) is 3.28. The maximum atomic E-state index is 13.5. The molecule has 1 nitrogen and oxygen atoms in total. The highest BCUT2D eigenvalue weighted by atomic mass is 79.9. The Morgan fingerprint density at radius 1 is 1.06 bits per heavy atom. The van der Waals surface area contributed by atoms with E-state index in [2.05, 4.69) is 15.9 Å². The van der Waals surface area contributed by atoms with E-state index >= 15 is 0 Å². The van der Waals surface area contributed by atoms with Gasteiger partial charge in [0.2, 0.25) is 0 Å². The summed E-state index contributed by atoms with van der Waals surface area (Å²) in [6.45, 7) is 3.33. The zero-order valence-electron chi connectivity index (χ0n) is 10.1. The second-order valence-electron chi connectivity index (χ2n) is 4.26. The number of hydrogen-bond donors (Lipinski definition) is 0. The van der Waals surface area contributed by atoms with Gasteiger partial charge in [-0.3, -0.25) is 4.79 Å². The van der Waals surface area contributed by atoms with Gasteiger partial charge in [0.25, 0.3) is 0 Å². The lowest BCUT2D eigenvalue weighted by Crippen LogP contribution is -2.03. The third-order valence-electron chi connectivity index (χ3n) is 2.79. The van der Waals surface area contributed by atoms with E-state index in [1.807, 2.05) is 6.07 Å². The Morgan fingerprint density at radius 3 is 2.22 bits per heavy atom. The number of carbonyl (C=O) groups excluding carboxylic acids is 1. The Hall–Kier alpha value is -1.48. The molecule has 0 atom stereocenters. The number of benzene rings is 2. The molecular weight excluding hydrogens is 295 g/mol. The first kappa shape index (κ1) is 13.0. The molecule has 92 valence electrons. The molecule has 0 N–H and O–H groups in total. The summed E-state index contributed by atoms with van der Waals surface area (Å²) in [4.78, 5) is 12.3. The normalized spacial score (nSPS) is 10.4. The molecule has 0 amide bonds. The summed E-state index contributed by atoms with van der Waals surface area (Å²) in [5.74, 6) is -0.344. The van der Waals surface area contributed by atoms with E-state index in [-0.39, 0.29) is 11.6 Å². The molecule has 0 aromatic heterocycles. The molecule has 0 aliphatic rings. The second-order valence-corrected chi connectivity index (χ2v) is 5.18. The minimum Gasteiger partial charge on any atom is -0.289 e. The van der Waals surface area contributed by atoms with Gasteiger partial charge >= 0.3 is 0 Å². The molecule has 3 heteroatoms. The van der Waals surface area contributed by atoms with E-state index in [9.17, 15) is 9.18 Å². The number of aryl methyl sites for hydroxylation is 2. The lowest BCUT2D eigenvalue weighted by atomic mass is 9.99. The Morgan fingerprint density at radius 2 is 1.67 bits per heavy atom. The lowest BCUT2D eigenvalue weighted by molar-refractivity contribution is 0.103. The van der Waals surface area contributed by atoms with Crippen LogP contribution in [0.5, 0.6) is 0 Å². The van der Waals surface area contributed by atoms with E-state index in [0.29, 0.717) is 22.3 Å². The van der Waals surface area contributed by atoms with Gasteiger partial charge in [0.15, 0.2) is 5.78 Å². The van der Waals surface area contributed by atoms with Gasteiger partial charge in [-0.15, -0.1) is 0 Å². The van der Waals surface area contributed by atoms with Crippen molar-refractivity contribution in [3.05, 3.63) is 68.9 Å². The first-order chi connectivity index (χ1) is 8.49. The molecule has 2 aromatic carbocycles. The van der Waals surface area contributed by atoms with Gasteiger partial charge in [-0.1, -0.05) is 28.1 Å².